The minimum atomic E-state index is -0.459. The van der Waals surface area contributed by atoms with Crippen molar-refractivity contribution in [2.75, 3.05) is 26.7 Å². The number of carbonyl (C=O) groups is 2. The van der Waals surface area contributed by atoms with Gasteiger partial charge in [-0.1, -0.05) is 0 Å². The number of likely N-dealkylation sites (tertiary alicyclic amines) is 1. The number of rotatable bonds is 4. The minimum absolute atomic E-state index is 0.179. The highest BCUT2D eigenvalue weighted by Gasteiger charge is 2.37. The quantitative estimate of drug-likeness (QED) is 0.743. The van der Waals surface area contributed by atoms with Gasteiger partial charge >= 0.3 is 12.1 Å². The van der Waals surface area contributed by atoms with E-state index in [9.17, 15) is 9.59 Å². The first-order chi connectivity index (χ1) is 10.3. The number of esters is 1. The third-order valence-corrected chi connectivity index (χ3v) is 4.14. The summed E-state index contributed by atoms with van der Waals surface area (Å²) in [6, 6.07) is 0.863. The molecule has 0 aromatic carbocycles. The lowest BCUT2D eigenvalue weighted by Crippen LogP contribution is -2.49. The fraction of sp³-hybridized carbons (Fsp3) is 0.875. The molecule has 0 aromatic rings. The summed E-state index contributed by atoms with van der Waals surface area (Å²) in [6.07, 6.45) is 3.84. The molecular formula is C16H28N2O4. The summed E-state index contributed by atoms with van der Waals surface area (Å²) < 4.78 is 10.2. The van der Waals surface area contributed by atoms with Gasteiger partial charge in [-0.15, -0.1) is 0 Å². The van der Waals surface area contributed by atoms with Gasteiger partial charge in [0.15, 0.2) is 0 Å². The molecule has 2 rings (SSSR count). The van der Waals surface area contributed by atoms with Crippen LogP contribution in [0.15, 0.2) is 0 Å². The van der Waals surface area contributed by atoms with Gasteiger partial charge in [-0.2, -0.15) is 0 Å². The summed E-state index contributed by atoms with van der Waals surface area (Å²) >= 11 is 0. The number of nitrogens with zero attached hydrogens (tertiary/aromatic N) is 2. The third kappa shape index (κ3) is 4.87. The van der Waals surface area contributed by atoms with E-state index in [1.54, 1.807) is 4.90 Å². The average Bonchev–Trinajstić information content (AvgIpc) is 3.27. The SMILES string of the molecule is COC(=O)CN(C1CC1)C1CCN(C(=O)OC(C)(C)C)CC1. The van der Waals surface area contributed by atoms with Crippen molar-refractivity contribution in [1.82, 2.24) is 9.80 Å². The van der Waals surface area contributed by atoms with Crippen LogP contribution in [0.3, 0.4) is 0 Å². The highest BCUT2D eigenvalue weighted by molar-refractivity contribution is 5.71. The monoisotopic (exact) mass is 312 g/mol. The second-order valence-electron chi connectivity index (χ2n) is 7.18. The van der Waals surface area contributed by atoms with E-state index in [-0.39, 0.29) is 12.1 Å². The maximum atomic E-state index is 12.1. The van der Waals surface area contributed by atoms with Crippen molar-refractivity contribution in [1.29, 1.82) is 0 Å². The Morgan fingerprint density at radius 1 is 1.09 bits per heavy atom. The zero-order valence-corrected chi connectivity index (χ0v) is 14.1. The first-order valence-electron chi connectivity index (χ1n) is 8.10. The number of piperidine rings is 1. The van der Waals surface area contributed by atoms with Gasteiger partial charge in [-0.25, -0.2) is 4.79 Å². The van der Waals surface area contributed by atoms with Gasteiger partial charge in [0.25, 0.3) is 0 Å². The molecule has 1 aliphatic carbocycles. The Morgan fingerprint density at radius 2 is 1.64 bits per heavy atom. The molecule has 1 aliphatic heterocycles. The Hall–Kier alpha value is -1.30. The van der Waals surface area contributed by atoms with E-state index < -0.39 is 5.60 Å². The molecule has 0 unspecified atom stereocenters. The number of methoxy groups -OCH3 is 1. The molecule has 1 heterocycles. The van der Waals surface area contributed by atoms with Gasteiger partial charge in [0, 0.05) is 25.2 Å². The van der Waals surface area contributed by atoms with Gasteiger partial charge < -0.3 is 14.4 Å². The summed E-state index contributed by atoms with van der Waals surface area (Å²) in [4.78, 5) is 27.7. The van der Waals surface area contributed by atoms with Crippen LogP contribution in [0, 0.1) is 0 Å². The first-order valence-corrected chi connectivity index (χ1v) is 8.10. The molecule has 6 nitrogen and oxygen atoms in total. The molecule has 0 N–H and O–H groups in total. The Morgan fingerprint density at radius 3 is 2.09 bits per heavy atom. The molecular weight excluding hydrogens is 284 g/mol. The van der Waals surface area contributed by atoms with Gasteiger partial charge in [-0.3, -0.25) is 9.69 Å². The Labute approximate surface area is 132 Å². The molecule has 0 spiro atoms. The standard InChI is InChI=1S/C16H28N2O4/c1-16(2,3)22-15(20)17-9-7-13(8-10-17)18(12-5-6-12)11-14(19)21-4/h12-13H,5-11H2,1-4H3. The molecule has 0 atom stereocenters. The number of ether oxygens (including phenoxy) is 2. The van der Waals surface area contributed by atoms with E-state index in [1.165, 1.54) is 7.11 Å². The Balaban J connectivity index is 1.85. The van der Waals surface area contributed by atoms with Crippen LogP contribution in [0.5, 0.6) is 0 Å². The van der Waals surface area contributed by atoms with Crippen LogP contribution in [0.1, 0.15) is 46.5 Å². The molecule has 126 valence electrons. The first kappa shape index (κ1) is 17.1. The number of hydrogen-bond donors (Lipinski definition) is 0. The fourth-order valence-corrected chi connectivity index (χ4v) is 2.88. The molecule has 22 heavy (non-hydrogen) atoms. The normalized spacial score (nSPS) is 20.1. The summed E-state index contributed by atoms with van der Waals surface area (Å²) in [6.45, 7) is 7.36. The molecule has 6 heteroatoms. The van der Waals surface area contributed by atoms with Crippen LogP contribution in [-0.4, -0.2) is 66.3 Å². The summed E-state index contributed by atoms with van der Waals surface area (Å²) in [5.74, 6) is -0.179. The van der Waals surface area contributed by atoms with E-state index in [4.69, 9.17) is 9.47 Å². The molecule has 2 aliphatic rings. The number of carbonyl (C=O) groups excluding carboxylic acids is 2. The lowest BCUT2D eigenvalue weighted by molar-refractivity contribution is -0.143. The van der Waals surface area contributed by atoms with E-state index in [0.717, 1.165) is 25.7 Å². The number of amides is 1. The molecule has 0 radical (unpaired) electrons. The Bertz CT molecular complexity index is 407. The fourth-order valence-electron chi connectivity index (χ4n) is 2.88. The van der Waals surface area contributed by atoms with Crippen LogP contribution in [0.4, 0.5) is 4.79 Å². The van der Waals surface area contributed by atoms with Crippen molar-refractivity contribution in [2.24, 2.45) is 0 Å². The van der Waals surface area contributed by atoms with Crippen molar-refractivity contribution >= 4 is 12.1 Å². The van der Waals surface area contributed by atoms with Crippen LogP contribution in [0.25, 0.3) is 0 Å². The van der Waals surface area contributed by atoms with Gasteiger partial charge in [0.1, 0.15) is 5.60 Å². The highest BCUT2D eigenvalue weighted by atomic mass is 16.6. The van der Waals surface area contributed by atoms with Crippen molar-refractivity contribution < 1.29 is 19.1 Å². The second kappa shape index (κ2) is 6.86. The minimum Gasteiger partial charge on any atom is -0.468 e. The van der Waals surface area contributed by atoms with Crippen LogP contribution < -0.4 is 0 Å². The second-order valence-corrected chi connectivity index (χ2v) is 7.18. The molecule has 2 fully saturated rings. The van der Waals surface area contributed by atoms with Crippen molar-refractivity contribution in [3.8, 4) is 0 Å². The van der Waals surface area contributed by atoms with Crippen LogP contribution in [0.2, 0.25) is 0 Å². The summed E-state index contributed by atoms with van der Waals surface area (Å²) in [5.41, 5.74) is -0.459. The van der Waals surface area contributed by atoms with Crippen molar-refractivity contribution in [2.45, 2.75) is 64.1 Å². The van der Waals surface area contributed by atoms with E-state index >= 15 is 0 Å². The molecule has 1 saturated carbocycles. The molecule has 0 aromatic heterocycles. The number of hydrogen-bond acceptors (Lipinski definition) is 5. The van der Waals surface area contributed by atoms with E-state index in [1.807, 2.05) is 20.8 Å². The maximum absolute atomic E-state index is 12.1. The summed E-state index contributed by atoms with van der Waals surface area (Å²) in [5, 5.41) is 0. The predicted octanol–water partition coefficient (Wildman–Crippen LogP) is 2.02. The largest absolute Gasteiger partial charge is 0.468 e. The molecule has 1 saturated heterocycles. The van der Waals surface area contributed by atoms with Crippen molar-refractivity contribution in [3.63, 3.8) is 0 Å². The van der Waals surface area contributed by atoms with Crippen molar-refractivity contribution in [3.05, 3.63) is 0 Å². The topological polar surface area (TPSA) is 59.1 Å². The van der Waals surface area contributed by atoms with Crippen LogP contribution >= 0.6 is 0 Å². The predicted molar refractivity (Wildman–Crippen MR) is 82.6 cm³/mol. The van der Waals surface area contributed by atoms with E-state index in [2.05, 4.69) is 4.90 Å². The zero-order chi connectivity index (χ0) is 16.3. The lowest BCUT2D eigenvalue weighted by atomic mass is 10.0. The Kier molecular flexibility index (Phi) is 5.32. The average molecular weight is 312 g/mol. The maximum Gasteiger partial charge on any atom is 0.410 e. The van der Waals surface area contributed by atoms with Gasteiger partial charge in [0.05, 0.1) is 13.7 Å². The van der Waals surface area contributed by atoms with Crippen LogP contribution in [-0.2, 0) is 14.3 Å². The lowest BCUT2D eigenvalue weighted by Gasteiger charge is -2.38. The van der Waals surface area contributed by atoms with E-state index in [0.29, 0.717) is 31.7 Å². The third-order valence-electron chi connectivity index (χ3n) is 4.14. The van der Waals surface area contributed by atoms with Gasteiger partial charge in [-0.05, 0) is 46.5 Å². The smallest absolute Gasteiger partial charge is 0.410 e. The zero-order valence-electron chi connectivity index (χ0n) is 14.1. The molecule has 1 amide bonds. The highest BCUT2D eigenvalue weighted by Crippen LogP contribution is 2.31. The molecule has 0 bridgehead atoms. The van der Waals surface area contributed by atoms with Gasteiger partial charge in [0.2, 0.25) is 0 Å². The summed E-state index contributed by atoms with van der Waals surface area (Å²) in [7, 11) is 1.43.